The molecule has 1 aromatic heterocycles. The lowest BCUT2D eigenvalue weighted by atomic mass is 10.1. The van der Waals surface area contributed by atoms with Crippen LogP contribution < -0.4 is 16.0 Å². The number of methoxy groups -OCH3 is 1. The Bertz CT molecular complexity index is 1030. The number of carbonyl (C=O) groups is 3. The molecule has 0 bridgehead atoms. The van der Waals surface area contributed by atoms with Crippen LogP contribution in [0.1, 0.15) is 37.9 Å². The maximum atomic E-state index is 12.4. The highest BCUT2D eigenvalue weighted by Gasteiger charge is 2.16. The number of amides is 3. The van der Waals surface area contributed by atoms with Crippen LogP contribution in [0.25, 0.3) is 0 Å². The van der Waals surface area contributed by atoms with Gasteiger partial charge in [-0.2, -0.15) is 0 Å². The van der Waals surface area contributed by atoms with E-state index in [1.165, 1.54) is 7.11 Å². The Morgan fingerprint density at radius 2 is 1.43 bits per heavy atom. The average molecular weight is 423 g/mol. The second-order valence-corrected chi connectivity index (χ2v) is 7.50. The largest absolute Gasteiger partial charge is 0.465 e. The molecule has 30 heavy (non-hydrogen) atoms. The summed E-state index contributed by atoms with van der Waals surface area (Å²) in [6, 6.07) is 18.9. The highest BCUT2D eigenvalue weighted by atomic mass is 32.1. The van der Waals surface area contributed by atoms with Crippen LogP contribution in [0, 0.1) is 0 Å². The Balaban J connectivity index is 1.56. The van der Waals surface area contributed by atoms with E-state index < -0.39 is 5.97 Å². The standard InChI is InChI=1S/C22H21N3O4S/c1-14(23-20(26)18-12-13-19(30-18)21(27)29-2)15-8-10-17(11-9-15)25-22(28)24-16-6-4-3-5-7-16/h3-14H,1-2H3,(H,23,26)(H2,24,25,28). The number of hydrogen-bond acceptors (Lipinski definition) is 5. The van der Waals surface area contributed by atoms with Crippen LogP contribution in [0.4, 0.5) is 16.2 Å². The first-order valence-electron chi connectivity index (χ1n) is 9.18. The topological polar surface area (TPSA) is 96.5 Å². The third-order valence-electron chi connectivity index (χ3n) is 4.26. The zero-order valence-electron chi connectivity index (χ0n) is 16.5. The van der Waals surface area contributed by atoms with Crippen molar-refractivity contribution in [1.82, 2.24) is 5.32 Å². The maximum Gasteiger partial charge on any atom is 0.348 e. The normalized spacial score (nSPS) is 11.3. The molecule has 1 heterocycles. The summed E-state index contributed by atoms with van der Waals surface area (Å²) in [6.45, 7) is 1.86. The number of nitrogens with one attached hydrogen (secondary N) is 3. The molecule has 0 aliphatic heterocycles. The molecule has 1 atom stereocenters. The minimum absolute atomic E-state index is 0.256. The van der Waals surface area contributed by atoms with Gasteiger partial charge in [0.1, 0.15) is 4.88 Å². The fourth-order valence-electron chi connectivity index (χ4n) is 2.69. The van der Waals surface area contributed by atoms with Gasteiger partial charge in [0.25, 0.3) is 5.91 Å². The van der Waals surface area contributed by atoms with E-state index in [4.69, 9.17) is 0 Å². The average Bonchev–Trinajstić information content (AvgIpc) is 3.25. The lowest BCUT2D eigenvalue weighted by molar-refractivity contribution is 0.0606. The van der Waals surface area contributed by atoms with Gasteiger partial charge in [-0.1, -0.05) is 30.3 Å². The molecule has 1 unspecified atom stereocenters. The number of anilines is 2. The van der Waals surface area contributed by atoms with E-state index in [9.17, 15) is 14.4 Å². The second kappa shape index (κ2) is 9.71. The van der Waals surface area contributed by atoms with E-state index in [0.717, 1.165) is 16.9 Å². The molecule has 0 fully saturated rings. The summed E-state index contributed by atoms with van der Waals surface area (Å²) < 4.78 is 4.66. The molecule has 7 nitrogen and oxygen atoms in total. The zero-order valence-corrected chi connectivity index (χ0v) is 17.3. The SMILES string of the molecule is COC(=O)c1ccc(C(=O)NC(C)c2ccc(NC(=O)Nc3ccccc3)cc2)s1. The van der Waals surface area contributed by atoms with E-state index in [1.54, 1.807) is 36.4 Å². The molecule has 0 aliphatic carbocycles. The van der Waals surface area contributed by atoms with Crippen LogP contribution >= 0.6 is 11.3 Å². The van der Waals surface area contributed by atoms with Crippen LogP contribution in [0.2, 0.25) is 0 Å². The third-order valence-corrected chi connectivity index (χ3v) is 5.33. The molecule has 2 aromatic carbocycles. The molecule has 0 saturated heterocycles. The number of urea groups is 1. The summed E-state index contributed by atoms with van der Waals surface area (Å²) in [4.78, 5) is 36.8. The minimum atomic E-state index is -0.466. The van der Waals surface area contributed by atoms with Gasteiger partial charge in [-0.15, -0.1) is 11.3 Å². The summed E-state index contributed by atoms with van der Waals surface area (Å²) in [5.41, 5.74) is 2.21. The molecule has 0 spiro atoms. The summed E-state index contributed by atoms with van der Waals surface area (Å²) in [7, 11) is 1.30. The van der Waals surface area contributed by atoms with Crippen LogP contribution in [0.5, 0.6) is 0 Å². The quantitative estimate of drug-likeness (QED) is 0.502. The molecule has 154 valence electrons. The number of ether oxygens (including phenoxy) is 1. The van der Waals surface area contributed by atoms with Crippen LogP contribution in [-0.2, 0) is 4.74 Å². The third kappa shape index (κ3) is 5.45. The van der Waals surface area contributed by atoms with Crippen LogP contribution in [0.3, 0.4) is 0 Å². The van der Waals surface area contributed by atoms with E-state index in [1.807, 2.05) is 37.3 Å². The Morgan fingerprint density at radius 3 is 2.07 bits per heavy atom. The van der Waals surface area contributed by atoms with Crippen molar-refractivity contribution in [2.45, 2.75) is 13.0 Å². The number of para-hydroxylation sites is 1. The number of rotatable bonds is 6. The van der Waals surface area contributed by atoms with Gasteiger partial charge in [0.05, 0.1) is 18.0 Å². The van der Waals surface area contributed by atoms with E-state index >= 15 is 0 Å². The number of carbonyl (C=O) groups excluding carboxylic acids is 3. The van der Waals surface area contributed by atoms with Gasteiger partial charge >= 0.3 is 12.0 Å². The first-order valence-corrected chi connectivity index (χ1v) is 10.00. The van der Waals surface area contributed by atoms with Gasteiger partial charge in [-0.3, -0.25) is 4.79 Å². The molecule has 0 aliphatic rings. The predicted molar refractivity (Wildman–Crippen MR) is 117 cm³/mol. The molecular weight excluding hydrogens is 402 g/mol. The smallest absolute Gasteiger partial charge is 0.348 e. The Hall–Kier alpha value is -3.65. The summed E-state index contributed by atoms with van der Waals surface area (Å²) in [6.07, 6.45) is 0. The lowest BCUT2D eigenvalue weighted by Crippen LogP contribution is -2.26. The van der Waals surface area contributed by atoms with E-state index in [-0.39, 0.29) is 18.0 Å². The fraction of sp³-hybridized carbons (Fsp3) is 0.136. The molecule has 3 N–H and O–H groups in total. The number of esters is 1. The first-order chi connectivity index (χ1) is 14.5. The van der Waals surface area contributed by atoms with Gasteiger partial charge in [0, 0.05) is 11.4 Å². The predicted octanol–water partition coefficient (Wildman–Crippen LogP) is 4.67. The van der Waals surface area contributed by atoms with Crippen molar-refractivity contribution in [3.63, 3.8) is 0 Å². The zero-order chi connectivity index (χ0) is 21.5. The highest BCUT2D eigenvalue weighted by molar-refractivity contribution is 7.15. The second-order valence-electron chi connectivity index (χ2n) is 6.42. The van der Waals surface area contributed by atoms with Gasteiger partial charge in [0.2, 0.25) is 0 Å². The molecule has 0 saturated carbocycles. The van der Waals surface area contributed by atoms with Gasteiger partial charge in [0.15, 0.2) is 0 Å². The molecule has 3 aromatic rings. The van der Waals surface area contributed by atoms with Gasteiger partial charge in [-0.05, 0) is 48.9 Å². The van der Waals surface area contributed by atoms with Crippen molar-refractivity contribution in [3.8, 4) is 0 Å². The van der Waals surface area contributed by atoms with Crippen molar-refractivity contribution in [3.05, 3.63) is 82.0 Å². The van der Waals surface area contributed by atoms with Gasteiger partial charge in [-0.25, -0.2) is 9.59 Å². The van der Waals surface area contributed by atoms with Crippen molar-refractivity contribution in [2.24, 2.45) is 0 Å². The summed E-state index contributed by atoms with van der Waals surface area (Å²) >= 11 is 1.08. The van der Waals surface area contributed by atoms with Crippen LogP contribution in [-0.4, -0.2) is 25.0 Å². The van der Waals surface area contributed by atoms with Crippen molar-refractivity contribution in [2.75, 3.05) is 17.7 Å². The molecule has 8 heteroatoms. The Labute approximate surface area is 178 Å². The highest BCUT2D eigenvalue weighted by Crippen LogP contribution is 2.20. The monoisotopic (exact) mass is 423 g/mol. The Morgan fingerprint density at radius 1 is 0.833 bits per heavy atom. The van der Waals surface area contributed by atoms with E-state index in [2.05, 4.69) is 20.7 Å². The van der Waals surface area contributed by atoms with Crippen molar-refractivity contribution < 1.29 is 19.1 Å². The summed E-state index contributed by atoms with van der Waals surface area (Å²) in [5.74, 6) is -0.737. The fourth-order valence-corrected chi connectivity index (χ4v) is 3.52. The first kappa shape index (κ1) is 21.1. The lowest BCUT2D eigenvalue weighted by Gasteiger charge is -2.14. The van der Waals surface area contributed by atoms with Gasteiger partial charge < -0.3 is 20.7 Å². The summed E-state index contributed by atoms with van der Waals surface area (Å²) in [5, 5.41) is 8.41. The van der Waals surface area contributed by atoms with Crippen molar-refractivity contribution >= 4 is 40.6 Å². The molecule has 3 amide bonds. The Kier molecular flexibility index (Phi) is 6.82. The van der Waals surface area contributed by atoms with Crippen LogP contribution in [0.15, 0.2) is 66.7 Å². The molecule has 0 radical (unpaired) electrons. The number of benzene rings is 2. The molecule has 3 rings (SSSR count). The maximum absolute atomic E-state index is 12.4. The molecular formula is C22H21N3O4S. The van der Waals surface area contributed by atoms with Crippen molar-refractivity contribution in [1.29, 1.82) is 0 Å². The number of thiophene rings is 1. The van der Waals surface area contributed by atoms with E-state index in [0.29, 0.717) is 21.1 Å². The number of hydrogen-bond donors (Lipinski definition) is 3. The minimum Gasteiger partial charge on any atom is -0.465 e.